The normalized spacial score (nSPS) is 14.2. The van der Waals surface area contributed by atoms with E-state index in [1.54, 1.807) is 36.5 Å². The molecule has 6 nitrogen and oxygen atoms in total. The van der Waals surface area contributed by atoms with Crippen molar-refractivity contribution in [1.82, 2.24) is 20.2 Å². The van der Waals surface area contributed by atoms with Gasteiger partial charge in [-0.25, -0.2) is 14.4 Å². The molecule has 160 valence electrons. The van der Waals surface area contributed by atoms with E-state index < -0.39 is 0 Å². The lowest BCUT2D eigenvalue weighted by atomic mass is 10.1. The molecule has 0 bridgehead atoms. The molecule has 1 fully saturated rings. The molecule has 7 heteroatoms. The molecule has 4 rings (SSSR count). The van der Waals surface area contributed by atoms with Crippen molar-refractivity contribution in [2.75, 3.05) is 31.5 Å². The highest BCUT2D eigenvalue weighted by Crippen LogP contribution is 2.20. The molecule has 1 amide bonds. The molecule has 2 aromatic carbocycles. The highest BCUT2D eigenvalue weighted by atomic mass is 19.1. The Morgan fingerprint density at radius 1 is 0.968 bits per heavy atom. The number of rotatable bonds is 7. The van der Waals surface area contributed by atoms with Crippen molar-refractivity contribution < 1.29 is 9.18 Å². The molecule has 1 aliphatic heterocycles. The van der Waals surface area contributed by atoms with Crippen LogP contribution in [0.3, 0.4) is 0 Å². The minimum atomic E-state index is -0.298. The predicted molar refractivity (Wildman–Crippen MR) is 120 cm³/mol. The van der Waals surface area contributed by atoms with Crippen LogP contribution in [0.25, 0.3) is 11.4 Å². The summed E-state index contributed by atoms with van der Waals surface area (Å²) in [5.74, 6) is 0.764. The van der Waals surface area contributed by atoms with Crippen molar-refractivity contribution in [1.29, 1.82) is 0 Å². The third-order valence-corrected chi connectivity index (χ3v) is 5.34. The number of nitrogens with zero attached hydrogens (tertiary/aromatic N) is 3. The number of hydrogen-bond acceptors (Lipinski definition) is 5. The summed E-state index contributed by atoms with van der Waals surface area (Å²) in [6.45, 7) is 3.81. The Labute approximate surface area is 181 Å². The lowest BCUT2D eigenvalue weighted by Gasteiger charge is -2.26. The Morgan fingerprint density at radius 3 is 2.45 bits per heavy atom. The highest BCUT2D eigenvalue weighted by Gasteiger charge is 2.11. The fourth-order valence-electron chi connectivity index (χ4n) is 3.63. The number of carbonyl (C=O) groups excluding carboxylic acids is 1. The van der Waals surface area contributed by atoms with Gasteiger partial charge < -0.3 is 15.5 Å². The molecule has 1 aliphatic rings. The molecule has 2 N–H and O–H groups in total. The summed E-state index contributed by atoms with van der Waals surface area (Å²) in [4.78, 5) is 23.5. The first-order valence-electron chi connectivity index (χ1n) is 10.6. The Hall–Kier alpha value is -3.32. The van der Waals surface area contributed by atoms with Crippen LogP contribution in [0.15, 0.2) is 60.8 Å². The molecule has 3 aromatic rings. The quantitative estimate of drug-likeness (QED) is 0.599. The van der Waals surface area contributed by atoms with Gasteiger partial charge in [-0.15, -0.1) is 0 Å². The summed E-state index contributed by atoms with van der Waals surface area (Å²) < 4.78 is 13.1. The van der Waals surface area contributed by atoms with E-state index in [4.69, 9.17) is 0 Å². The van der Waals surface area contributed by atoms with Crippen molar-refractivity contribution in [2.24, 2.45) is 0 Å². The van der Waals surface area contributed by atoms with Crippen LogP contribution in [0.1, 0.15) is 29.6 Å². The van der Waals surface area contributed by atoms with Gasteiger partial charge in [-0.2, -0.15) is 0 Å². The van der Waals surface area contributed by atoms with Gasteiger partial charge in [-0.1, -0.05) is 6.42 Å². The minimum Gasteiger partial charge on any atom is -0.351 e. The van der Waals surface area contributed by atoms with Crippen LogP contribution in [0, 0.1) is 5.82 Å². The van der Waals surface area contributed by atoms with Crippen molar-refractivity contribution in [3.05, 3.63) is 72.2 Å². The fourth-order valence-corrected chi connectivity index (χ4v) is 3.63. The number of halogens is 1. The van der Waals surface area contributed by atoms with E-state index >= 15 is 0 Å². The van der Waals surface area contributed by atoms with E-state index in [1.165, 1.54) is 31.4 Å². The van der Waals surface area contributed by atoms with Gasteiger partial charge in [0.25, 0.3) is 5.91 Å². The molecule has 0 unspecified atom stereocenters. The molecule has 0 atom stereocenters. The average molecular weight is 420 g/mol. The molecule has 2 heterocycles. The van der Waals surface area contributed by atoms with Crippen molar-refractivity contribution in [2.45, 2.75) is 19.3 Å². The molecule has 1 aromatic heterocycles. The fraction of sp³-hybridized carbons (Fsp3) is 0.292. The zero-order valence-electron chi connectivity index (χ0n) is 17.4. The third kappa shape index (κ3) is 5.86. The number of anilines is 2. The van der Waals surface area contributed by atoms with Gasteiger partial charge in [0.05, 0.1) is 0 Å². The van der Waals surface area contributed by atoms with Crippen LogP contribution in [-0.2, 0) is 0 Å². The van der Waals surface area contributed by atoms with Gasteiger partial charge in [0.15, 0.2) is 5.82 Å². The topological polar surface area (TPSA) is 70.2 Å². The second kappa shape index (κ2) is 10.1. The second-order valence-electron chi connectivity index (χ2n) is 7.63. The van der Waals surface area contributed by atoms with Crippen molar-refractivity contribution >= 4 is 17.4 Å². The monoisotopic (exact) mass is 419 g/mol. The number of hydrogen-bond donors (Lipinski definition) is 2. The Morgan fingerprint density at radius 2 is 1.71 bits per heavy atom. The van der Waals surface area contributed by atoms with Crippen LogP contribution in [-0.4, -0.2) is 47.0 Å². The summed E-state index contributed by atoms with van der Waals surface area (Å²) in [6, 6.07) is 15.1. The van der Waals surface area contributed by atoms with Gasteiger partial charge in [0.2, 0.25) is 0 Å². The number of nitrogens with one attached hydrogen (secondary N) is 2. The van der Waals surface area contributed by atoms with Crippen LogP contribution >= 0.6 is 0 Å². The van der Waals surface area contributed by atoms with Crippen molar-refractivity contribution in [3.8, 4) is 11.4 Å². The van der Waals surface area contributed by atoms with Gasteiger partial charge >= 0.3 is 0 Å². The summed E-state index contributed by atoms with van der Waals surface area (Å²) in [5, 5.41) is 6.21. The van der Waals surface area contributed by atoms with E-state index in [9.17, 15) is 9.18 Å². The van der Waals surface area contributed by atoms with Gasteiger partial charge in [-0.3, -0.25) is 4.79 Å². The largest absolute Gasteiger partial charge is 0.351 e. The average Bonchev–Trinajstić information content (AvgIpc) is 2.81. The molecule has 0 spiro atoms. The molecular weight excluding hydrogens is 393 g/mol. The SMILES string of the molecule is O=C(NCCN1CCCCC1)c1ccc(Nc2ccnc(-c3ccc(F)cc3)n2)cc1. The Balaban J connectivity index is 1.32. The number of piperidine rings is 1. The smallest absolute Gasteiger partial charge is 0.251 e. The third-order valence-electron chi connectivity index (χ3n) is 5.34. The number of aromatic nitrogens is 2. The summed E-state index contributed by atoms with van der Waals surface area (Å²) in [6.07, 6.45) is 5.46. The summed E-state index contributed by atoms with van der Waals surface area (Å²) in [5.41, 5.74) is 2.18. The maximum atomic E-state index is 13.1. The first kappa shape index (κ1) is 20.9. The lowest BCUT2D eigenvalue weighted by Crippen LogP contribution is -2.37. The molecule has 0 saturated carbocycles. The molecule has 1 saturated heterocycles. The number of amides is 1. The van der Waals surface area contributed by atoms with E-state index in [-0.39, 0.29) is 11.7 Å². The zero-order chi connectivity index (χ0) is 21.5. The first-order valence-corrected chi connectivity index (χ1v) is 10.6. The van der Waals surface area contributed by atoms with E-state index in [0.29, 0.717) is 23.8 Å². The molecule has 31 heavy (non-hydrogen) atoms. The highest BCUT2D eigenvalue weighted by molar-refractivity contribution is 5.94. The Bertz CT molecular complexity index is 1000. The minimum absolute atomic E-state index is 0.0656. The standard InChI is InChI=1S/C24H26FN5O/c25-20-8-4-18(5-9-20)23-26-13-12-22(29-23)28-21-10-6-19(7-11-21)24(31)27-14-17-30-15-2-1-3-16-30/h4-13H,1-3,14-17H2,(H,27,31)(H,26,28,29). The van der Waals surface area contributed by atoms with Crippen LogP contribution in [0.5, 0.6) is 0 Å². The van der Waals surface area contributed by atoms with Gasteiger partial charge in [-0.05, 0) is 80.5 Å². The predicted octanol–water partition coefficient (Wildman–Crippen LogP) is 4.24. The molecule has 0 radical (unpaired) electrons. The lowest BCUT2D eigenvalue weighted by molar-refractivity contribution is 0.0946. The second-order valence-corrected chi connectivity index (χ2v) is 7.63. The molecule has 0 aliphatic carbocycles. The van der Waals surface area contributed by atoms with Crippen LogP contribution < -0.4 is 10.6 Å². The summed E-state index contributed by atoms with van der Waals surface area (Å²) >= 11 is 0. The zero-order valence-corrected chi connectivity index (χ0v) is 17.4. The molecular formula is C24H26FN5O. The van der Waals surface area contributed by atoms with Crippen LogP contribution in [0.2, 0.25) is 0 Å². The number of benzene rings is 2. The maximum absolute atomic E-state index is 13.1. The van der Waals surface area contributed by atoms with Crippen LogP contribution in [0.4, 0.5) is 15.9 Å². The van der Waals surface area contributed by atoms with Gasteiger partial charge in [0.1, 0.15) is 11.6 Å². The maximum Gasteiger partial charge on any atom is 0.251 e. The number of likely N-dealkylation sites (tertiary alicyclic amines) is 1. The van der Waals surface area contributed by atoms with E-state index in [1.807, 2.05) is 12.1 Å². The Kier molecular flexibility index (Phi) is 6.84. The van der Waals surface area contributed by atoms with Gasteiger partial charge in [0, 0.05) is 36.1 Å². The summed E-state index contributed by atoms with van der Waals surface area (Å²) in [7, 11) is 0. The first-order chi connectivity index (χ1) is 15.2. The van der Waals surface area contributed by atoms with Crippen molar-refractivity contribution in [3.63, 3.8) is 0 Å². The van der Waals surface area contributed by atoms with E-state index in [0.717, 1.165) is 30.9 Å². The number of carbonyl (C=O) groups is 1. The van der Waals surface area contributed by atoms with E-state index in [2.05, 4.69) is 25.5 Å².